The molecule has 0 saturated heterocycles. The van der Waals surface area contributed by atoms with Gasteiger partial charge in [0.05, 0.1) is 11.5 Å². The Bertz CT molecular complexity index is 473. The molecule has 0 aromatic heterocycles. The first-order valence-corrected chi connectivity index (χ1v) is 6.96. The number of hydrogen-bond acceptors (Lipinski definition) is 3. The van der Waals surface area contributed by atoms with Crippen LogP contribution in [-0.4, -0.2) is 38.0 Å². The highest BCUT2D eigenvalue weighted by molar-refractivity contribution is 9.10. The van der Waals surface area contributed by atoms with Crippen molar-refractivity contribution < 1.29 is 13.5 Å². The monoisotopic (exact) mass is 307 g/mol. The molecule has 90 valence electrons. The van der Waals surface area contributed by atoms with Crippen LogP contribution in [0.15, 0.2) is 27.6 Å². The van der Waals surface area contributed by atoms with Crippen LogP contribution in [-0.2, 0) is 10.0 Å². The Morgan fingerprint density at radius 2 is 2.06 bits per heavy atom. The number of likely N-dealkylation sites (N-methyl/N-ethyl adjacent to an activating group) is 1. The molecule has 0 saturated carbocycles. The van der Waals surface area contributed by atoms with Crippen molar-refractivity contribution >= 4 is 26.0 Å². The first kappa shape index (κ1) is 13.6. The first-order chi connectivity index (χ1) is 7.39. The van der Waals surface area contributed by atoms with Gasteiger partial charge in [-0.25, -0.2) is 8.42 Å². The van der Waals surface area contributed by atoms with Crippen LogP contribution in [0.3, 0.4) is 0 Å². The van der Waals surface area contributed by atoms with Crippen LogP contribution >= 0.6 is 15.9 Å². The van der Waals surface area contributed by atoms with Crippen LogP contribution in [0.1, 0.15) is 5.56 Å². The van der Waals surface area contributed by atoms with Gasteiger partial charge in [0, 0.05) is 18.1 Å². The smallest absolute Gasteiger partial charge is 0.242 e. The predicted molar refractivity (Wildman–Crippen MR) is 65.8 cm³/mol. The highest BCUT2D eigenvalue weighted by Gasteiger charge is 2.20. The summed E-state index contributed by atoms with van der Waals surface area (Å²) in [5, 5.41) is 8.73. The molecular weight excluding hydrogens is 294 g/mol. The molecule has 0 radical (unpaired) electrons. The Morgan fingerprint density at radius 3 is 2.56 bits per heavy atom. The molecule has 1 aromatic rings. The summed E-state index contributed by atoms with van der Waals surface area (Å²) in [7, 11) is -2.05. The fourth-order valence-corrected chi connectivity index (χ4v) is 2.89. The van der Waals surface area contributed by atoms with E-state index in [0.29, 0.717) is 0 Å². The van der Waals surface area contributed by atoms with Gasteiger partial charge in [-0.3, -0.25) is 0 Å². The average Bonchev–Trinajstić information content (AvgIpc) is 2.22. The minimum Gasteiger partial charge on any atom is -0.395 e. The van der Waals surface area contributed by atoms with Gasteiger partial charge in [0.2, 0.25) is 10.0 Å². The first-order valence-electron chi connectivity index (χ1n) is 4.73. The van der Waals surface area contributed by atoms with Gasteiger partial charge < -0.3 is 5.11 Å². The minimum absolute atomic E-state index is 0.0911. The summed E-state index contributed by atoms with van der Waals surface area (Å²) in [6.07, 6.45) is 0. The SMILES string of the molecule is Cc1ccc(S(=O)(=O)N(C)CCO)cc1Br. The minimum atomic E-state index is -3.50. The number of aryl methyl sites for hydroxylation is 1. The van der Waals surface area contributed by atoms with Crippen LogP contribution in [0.4, 0.5) is 0 Å². The van der Waals surface area contributed by atoms with Gasteiger partial charge in [-0.2, -0.15) is 4.31 Å². The molecule has 1 N–H and O–H groups in total. The highest BCUT2D eigenvalue weighted by atomic mass is 79.9. The quantitative estimate of drug-likeness (QED) is 0.914. The molecule has 0 amide bonds. The number of hydrogen-bond donors (Lipinski definition) is 1. The van der Waals surface area contributed by atoms with Crippen molar-refractivity contribution in [2.45, 2.75) is 11.8 Å². The van der Waals surface area contributed by atoms with Crippen molar-refractivity contribution in [2.75, 3.05) is 20.2 Å². The summed E-state index contributed by atoms with van der Waals surface area (Å²) in [4.78, 5) is 0.223. The average molecular weight is 308 g/mol. The van der Waals surface area contributed by atoms with E-state index in [0.717, 1.165) is 14.3 Å². The molecule has 4 nitrogen and oxygen atoms in total. The number of rotatable bonds is 4. The lowest BCUT2D eigenvalue weighted by atomic mass is 10.2. The van der Waals surface area contributed by atoms with E-state index in [-0.39, 0.29) is 18.0 Å². The number of benzene rings is 1. The molecule has 0 unspecified atom stereocenters. The summed E-state index contributed by atoms with van der Waals surface area (Å²) in [6, 6.07) is 4.87. The standard InChI is InChI=1S/C10H14BrNO3S/c1-8-3-4-9(7-10(8)11)16(14,15)12(2)5-6-13/h3-4,7,13H,5-6H2,1-2H3. The number of aliphatic hydroxyl groups excluding tert-OH is 1. The largest absolute Gasteiger partial charge is 0.395 e. The lowest BCUT2D eigenvalue weighted by molar-refractivity contribution is 0.266. The maximum Gasteiger partial charge on any atom is 0.242 e. The predicted octanol–water partition coefficient (Wildman–Crippen LogP) is 1.37. The molecule has 0 fully saturated rings. The third-order valence-corrected chi connectivity index (χ3v) is 4.97. The second kappa shape index (κ2) is 5.27. The molecular formula is C10H14BrNO3S. The molecule has 16 heavy (non-hydrogen) atoms. The maximum atomic E-state index is 12.0. The summed E-state index contributed by atoms with van der Waals surface area (Å²) in [5.74, 6) is 0. The Kier molecular flexibility index (Phi) is 4.49. The Morgan fingerprint density at radius 1 is 1.44 bits per heavy atom. The van der Waals surface area contributed by atoms with Gasteiger partial charge in [0.1, 0.15) is 0 Å². The normalized spacial score (nSPS) is 12.1. The van der Waals surface area contributed by atoms with Gasteiger partial charge in [0.15, 0.2) is 0 Å². The molecule has 0 heterocycles. The fraction of sp³-hybridized carbons (Fsp3) is 0.400. The number of nitrogens with zero attached hydrogens (tertiary/aromatic N) is 1. The number of sulfonamides is 1. The van der Waals surface area contributed by atoms with Crippen LogP contribution in [0.2, 0.25) is 0 Å². The van der Waals surface area contributed by atoms with Crippen LogP contribution in [0.5, 0.6) is 0 Å². The van der Waals surface area contributed by atoms with Crippen LogP contribution < -0.4 is 0 Å². The second-order valence-electron chi connectivity index (χ2n) is 3.46. The van der Waals surface area contributed by atoms with Gasteiger partial charge in [0.25, 0.3) is 0 Å². The summed E-state index contributed by atoms with van der Waals surface area (Å²) < 4.78 is 25.8. The van der Waals surface area contributed by atoms with E-state index < -0.39 is 10.0 Å². The third-order valence-electron chi connectivity index (χ3n) is 2.27. The Labute approximate surface area is 104 Å². The summed E-state index contributed by atoms with van der Waals surface area (Å²) in [6.45, 7) is 1.79. The summed E-state index contributed by atoms with van der Waals surface area (Å²) >= 11 is 3.29. The van der Waals surface area contributed by atoms with Gasteiger partial charge in [-0.1, -0.05) is 22.0 Å². The Hall–Kier alpha value is -0.430. The molecule has 0 spiro atoms. The van der Waals surface area contributed by atoms with Gasteiger partial charge in [-0.05, 0) is 24.6 Å². The van der Waals surface area contributed by atoms with Crippen molar-refractivity contribution in [1.29, 1.82) is 0 Å². The van der Waals surface area contributed by atoms with E-state index in [1.165, 1.54) is 7.05 Å². The number of halogens is 1. The van der Waals surface area contributed by atoms with Crippen LogP contribution in [0, 0.1) is 6.92 Å². The van der Waals surface area contributed by atoms with E-state index in [9.17, 15) is 8.42 Å². The lowest BCUT2D eigenvalue weighted by Gasteiger charge is -2.16. The van der Waals surface area contributed by atoms with E-state index >= 15 is 0 Å². The van der Waals surface area contributed by atoms with E-state index in [2.05, 4.69) is 15.9 Å². The highest BCUT2D eigenvalue weighted by Crippen LogP contribution is 2.22. The maximum absolute atomic E-state index is 12.0. The zero-order valence-electron chi connectivity index (χ0n) is 9.14. The molecule has 0 atom stereocenters. The molecule has 1 aromatic carbocycles. The fourth-order valence-electron chi connectivity index (χ4n) is 1.17. The topological polar surface area (TPSA) is 57.6 Å². The second-order valence-corrected chi connectivity index (χ2v) is 6.36. The third kappa shape index (κ3) is 2.82. The van der Waals surface area contributed by atoms with Crippen LogP contribution in [0.25, 0.3) is 0 Å². The zero-order valence-corrected chi connectivity index (χ0v) is 11.5. The molecule has 0 aliphatic rings. The van der Waals surface area contributed by atoms with Crippen molar-refractivity contribution in [3.63, 3.8) is 0 Å². The summed E-state index contributed by atoms with van der Waals surface area (Å²) in [5.41, 5.74) is 0.976. The zero-order chi connectivity index (χ0) is 12.3. The lowest BCUT2D eigenvalue weighted by Crippen LogP contribution is -2.29. The van der Waals surface area contributed by atoms with Crippen molar-refractivity contribution in [1.82, 2.24) is 4.31 Å². The molecule has 6 heteroatoms. The van der Waals surface area contributed by atoms with Crippen molar-refractivity contribution in [3.8, 4) is 0 Å². The van der Waals surface area contributed by atoms with Crippen molar-refractivity contribution in [3.05, 3.63) is 28.2 Å². The van der Waals surface area contributed by atoms with E-state index in [4.69, 9.17) is 5.11 Å². The van der Waals surface area contributed by atoms with E-state index in [1.807, 2.05) is 6.92 Å². The molecule has 0 aliphatic heterocycles. The Balaban J connectivity index is 3.12. The van der Waals surface area contributed by atoms with Crippen molar-refractivity contribution in [2.24, 2.45) is 0 Å². The molecule has 0 bridgehead atoms. The van der Waals surface area contributed by atoms with E-state index in [1.54, 1.807) is 18.2 Å². The van der Waals surface area contributed by atoms with Gasteiger partial charge in [-0.15, -0.1) is 0 Å². The number of aliphatic hydroxyl groups is 1. The molecule has 0 aliphatic carbocycles. The van der Waals surface area contributed by atoms with Gasteiger partial charge >= 0.3 is 0 Å². The molecule has 1 rings (SSSR count).